The number of thiazole rings is 1. The van der Waals surface area contributed by atoms with Crippen LogP contribution in [0.15, 0.2) is 29.6 Å². The second kappa shape index (κ2) is 6.92. The van der Waals surface area contributed by atoms with Gasteiger partial charge in [0.15, 0.2) is 10.9 Å². The molecule has 0 spiro atoms. The number of hydrogen-bond donors (Lipinski definition) is 0. The van der Waals surface area contributed by atoms with Crippen molar-refractivity contribution in [3.05, 3.63) is 40.9 Å². The first-order valence-corrected chi connectivity index (χ1v) is 8.47. The summed E-state index contributed by atoms with van der Waals surface area (Å²) in [6.07, 6.45) is 1.40. The summed E-state index contributed by atoms with van der Waals surface area (Å²) >= 11 is 1.35. The van der Waals surface area contributed by atoms with Gasteiger partial charge in [-0.2, -0.15) is 0 Å². The van der Waals surface area contributed by atoms with Gasteiger partial charge < -0.3 is 4.74 Å². The van der Waals surface area contributed by atoms with Gasteiger partial charge in [0, 0.05) is 23.9 Å². The number of ketones is 1. The highest BCUT2D eigenvalue weighted by atomic mass is 32.1. The second-order valence-corrected chi connectivity index (χ2v) is 6.34. The third kappa shape index (κ3) is 3.68. The Morgan fingerprint density at radius 3 is 2.92 bits per heavy atom. The van der Waals surface area contributed by atoms with Crippen molar-refractivity contribution in [1.29, 1.82) is 0 Å². The smallest absolute Gasteiger partial charge is 0.317 e. The minimum Gasteiger partial charge on any atom is -0.426 e. The van der Waals surface area contributed by atoms with Gasteiger partial charge in [-0.1, -0.05) is 12.1 Å². The Labute approximate surface area is 143 Å². The number of hydrogen-bond acceptors (Lipinski definition) is 6. The lowest BCUT2D eigenvalue weighted by Gasteiger charge is -2.10. The molecule has 24 heavy (non-hydrogen) atoms. The molecule has 0 saturated carbocycles. The number of ether oxygens (including phenoxy) is 1. The highest BCUT2D eigenvalue weighted by molar-refractivity contribution is 7.14. The summed E-state index contributed by atoms with van der Waals surface area (Å²) in [5.41, 5.74) is 1.06. The summed E-state index contributed by atoms with van der Waals surface area (Å²) in [4.78, 5) is 41.1. The third-order valence-corrected chi connectivity index (χ3v) is 4.55. The van der Waals surface area contributed by atoms with Gasteiger partial charge in [-0.05, 0) is 25.5 Å². The Balaban J connectivity index is 1.63. The van der Waals surface area contributed by atoms with Crippen LogP contribution in [-0.2, 0) is 16.0 Å². The van der Waals surface area contributed by atoms with E-state index in [0.717, 1.165) is 6.42 Å². The Morgan fingerprint density at radius 1 is 1.38 bits per heavy atom. The molecule has 1 aliphatic heterocycles. The number of nitrogens with zero attached hydrogens (tertiary/aromatic N) is 2. The number of rotatable bonds is 5. The molecule has 0 aliphatic carbocycles. The van der Waals surface area contributed by atoms with Gasteiger partial charge in [0.2, 0.25) is 5.91 Å². The SMILES string of the molecule is CC(=O)c1cccc(OC(=O)Cc2csc(N3CCCC3=O)n2)c1. The van der Waals surface area contributed by atoms with Crippen LogP contribution in [-0.4, -0.2) is 29.2 Å². The molecule has 1 saturated heterocycles. The highest BCUT2D eigenvalue weighted by Crippen LogP contribution is 2.25. The summed E-state index contributed by atoms with van der Waals surface area (Å²) in [6.45, 7) is 2.13. The van der Waals surface area contributed by atoms with Crippen molar-refractivity contribution in [3.8, 4) is 5.75 Å². The number of carbonyl (C=O) groups excluding carboxylic acids is 3. The first-order chi connectivity index (χ1) is 11.5. The fraction of sp³-hybridized carbons (Fsp3) is 0.294. The van der Waals surface area contributed by atoms with Gasteiger partial charge in [-0.25, -0.2) is 4.98 Å². The quantitative estimate of drug-likeness (QED) is 0.473. The van der Waals surface area contributed by atoms with E-state index in [-0.39, 0.29) is 18.1 Å². The fourth-order valence-corrected chi connectivity index (χ4v) is 3.31. The van der Waals surface area contributed by atoms with Crippen LogP contribution in [0.2, 0.25) is 0 Å². The fourth-order valence-electron chi connectivity index (χ4n) is 2.45. The lowest BCUT2D eigenvalue weighted by atomic mass is 10.1. The van der Waals surface area contributed by atoms with E-state index in [9.17, 15) is 14.4 Å². The maximum Gasteiger partial charge on any atom is 0.317 e. The van der Waals surface area contributed by atoms with Crippen molar-refractivity contribution in [1.82, 2.24) is 4.98 Å². The standard InChI is InChI=1S/C17H16N2O4S/c1-11(20)12-4-2-5-14(8-12)23-16(22)9-13-10-24-17(18-13)19-7-3-6-15(19)21/h2,4-5,8,10H,3,6-7,9H2,1H3. The van der Waals surface area contributed by atoms with Gasteiger partial charge in [-0.15, -0.1) is 11.3 Å². The van der Waals surface area contributed by atoms with Gasteiger partial charge in [-0.3, -0.25) is 19.3 Å². The average Bonchev–Trinajstić information content (AvgIpc) is 3.16. The second-order valence-electron chi connectivity index (χ2n) is 5.51. The van der Waals surface area contributed by atoms with Crippen LogP contribution < -0.4 is 9.64 Å². The number of anilines is 1. The topological polar surface area (TPSA) is 76.6 Å². The summed E-state index contributed by atoms with van der Waals surface area (Å²) in [7, 11) is 0. The monoisotopic (exact) mass is 344 g/mol. The summed E-state index contributed by atoms with van der Waals surface area (Å²) in [5.74, 6) is -0.148. The molecule has 3 rings (SSSR count). The molecule has 0 radical (unpaired) electrons. The molecule has 2 aromatic rings. The average molecular weight is 344 g/mol. The molecule has 0 bridgehead atoms. The number of esters is 1. The molecular formula is C17H16N2O4S. The van der Waals surface area contributed by atoms with Crippen molar-refractivity contribution in [2.45, 2.75) is 26.2 Å². The highest BCUT2D eigenvalue weighted by Gasteiger charge is 2.24. The molecule has 6 nitrogen and oxygen atoms in total. The maximum atomic E-state index is 12.0. The van der Waals surface area contributed by atoms with Crippen molar-refractivity contribution in [2.24, 2.45) is 0 Å². The first kappa shape index (κ1) is 16.3. The number of amides is 1. The van der Waals surface area contributed by atoms with Crippen LogP contribution in [0, 0.1) is 0 Å². The van der Waals surface area contributed by atoms with E-state index in [2.05, 4.69) is 4.98 Å². The van der Waals surface area contributed by atoms with E-state index < -0.39 is 5.97 Å². The molecule has 1 aliphatic rings. The number of aromatic nitrogens is 1. The van der Waals surface area contributed by atoms with Crippen molar-refractivity contribution in [3.63, 3.8) is 0 Å². The predicted molar refractivity (Wildman–Crippen MR) is 89.5 cm³/mol. The molecule has 124 valence electrons. The molecule has 0 atom stereocenters. The lowest BCUT2D eigenvalue weighted by Crippen LogP contribution is -2.23. The van der Waals surface area contributed by atoms with Crippen LogP contribution >= 0.6 is 11.3 Å². The zero-order chi connectivity index (χ0) is 17.1. The zero-order valence-electron chi connectivity index (χ0n) is 13.2. The molecule has 1 fully saturated rings. The van der Waals surface area contributed by atoms with Gasteiger partial charge >= 0.3 is 5.97 Å². The van der Waals surface area contributed by atoms with Crippen LogP contribution in [0.4, 0.5) is 5.13 Å². The largest absolute Gasteiger partial charge is 0.426 e. The van der Waals surface area contributed by atoms with Gasteiger partial charge in [0.05, 0.1) is 12.1 Å². The minimum atomic E-state index is -0.458. The Kier molecular flexibility index (Phi) is 4.71. The van der Waals surface area contributed by atoms with Gasteiger partial charge in [0.1, 0.15) is 5.75 Å². The predicted octanol–water partition coefficient (Wildman–Crippen LogP) is 2.62. The van der Waals surface area contributed by atoms with Crippen molar-refractivity contribution in [2.75, 3.05) is 11.4 Å². The van der Waals surface area contributed by atoms with Crippen molar-refractivity contribution >= 4 is 34.1 Å². The van der Waals surface area contributed by atoms with E-state index in [0.29, 0.717) is 35.1 Å². The lowest BCUT2D eigenvalue weighted by molar-refractivity contribution is -0.133. The number of benzene rings is 1. The third-order valence-electron chi connectivity index (χ3n) is 3.64. The van der Waals surface area contributed by atoms with Crippen molar-refractivity contribution < 1.29 is 19.1 Å². The normalized spacial score (nSPS) is 14.0. The van der Waals surface area contributed by atoms with Crippen LogP contribution in [0.25, 0.3) is 0 Å². The maximum absolute atomic E-state index is 12.0. The van der Waals surface area contributed by atoms with E-state index in [1.54, 1.807) is 28.5 Å². The Bertz CT molecular complexity index is 799. The summed E-state index contributed by atoms with van der Waals surface area (Å²) in [5, 5.41) is 2.38. The molecule has 1 aromatic carbocycles. The molecule has 0 N–H and O–H groups in total. The molecule has 1 amide bonds. The van der Waals surface area contributed by atoms with E-state index in [4.69, 9.17) is 4.74 Å². The van der Waals surface area contributed by atoms with E-state index in [1.165, 1.54) is 24.3 Å². The zero-order valence-corrected chi connectivity index (χ0v) is 14.0. The van der Waals surface area contributed by atoms with E-state index >= 15 is 0 Å². The Hall–Kier alpha value is -2.54. The molecular weight excluding hydrogens is 328 g/mol. The van der Waals surface area contributed by atoms with Gasteiger partial charge in [0.25, 0.3) is 0 Å². The minimum absolute atomic E-state index is 0.0167. The summed E-state index contributed by atoms with van der Waals surface area (Å²) in [6, 6.07) is 6.49. The first-order valence-electron chi connectivity index (χ1n) is 7.59. The van der Waals surface area contributed by atoms with Crippen LogP contribution in [0.5, 0.6) is 5.75 Å². The molecule has 7 heteroatoms. The van der Waals surface area contributed by atoms with Crippen LogP contribution in [0.3, 0.4) is 0 Å². The number of carbonyl (C=O) groups is 3. The van der Waals surface area contributed by atoms with E-state index in [1.807, 2.05) is 0 Å². The Morgan fingerprint density at radius 2 is 2.21 bits per heavy atom. The molecule has 2 heterocycles. The number of Topliss-reactive ketones (excluding diaryl/α,β-unsaturated/α-hetero) is 1. The van der Waals surface area contributed by atoms with Crippen LogP contribution in [0.1, 0.15) is 35.8 Å². The molecule has 0 unspecified atom stereocenters. The summed E-state index contributed by atoms with van der Waals surface area (Å²) < 4.78 is 5.26. The molecule has 1 aromatic heterocycles.